The lowest BCUT2D eigenvalue weighted by Gasteiger charge is -2.34. The Morgan fingerprint density at radius 3 is 2.85 bits per heavy atom. The Hall–Kier alpha value is -2.24. The summed E-state index contributed by atoms with van der Waals surface area (Å²) in [6.07, 6.45) is 2.77. The molecule has 0 N–H and O–H groups in total. The van der Waals surface area contributed by atoms with Gasteiger partial charge >= 0.3 is 12.1 Å². The molecule has 26 heavy (non-hydrogen) atoms. The van der Waals surface area contributed by atoms with Crippen LogP contribution in [-0.2, 0) is 16.0 Å². The van der Waals surface area contributed by atoms with Crippen LogP contribution in [0, 0.1) is 5.92 Å². The Bertz CT molecular complexity index is 696. The van der Waals surface area contributed by atoms with Gasteiger partial charge in [-0.15, -0.1) is 0 Å². The molecule has 0 aromatic heterocycles. The van der Waals surface area contributed by atoms with Gasteiger partial charge in [0.05, 0.1) is 5.69 Å². The normalized spacial score (nSPS) is 20.5. The van der Waals surface area contributed by atoms with Gasteiger partial charge < -0.3 is 19.3 Å². The standard InChI is InChI=1S/C20H28N2O4/c1-20(2,3)26-19(24)22-9-5-6-15(12-22)10-14-7-8-17-16(11-14)21(4)13-18(23)25-17/h7-8,11,15H,5-6,9-10,12-13H2,1-4H3. The first-order valence-corrected chi connectivity index (χ1v) is 9.24. The number of likely N-dealkylation sites (tertiary alicyclic amines) is 1. The summed E-state index contributed by atoms with van der Waals surface area (Å²) in [6.45, 7) is 7.42. The quantitative estimate of drug-likeness (QED) is 0.599. The zero-order valence-electron chi connectivity index (χ0n) is 16.1. The van der Waals surface area contributed by atoms with Crippen LogP contribution in [0.1, 0.15) is 39.2 Å². The van der Waals surface area contributed by atoms with E-state index in [1.54, 1.807) is 0 Å². The van der Waals surface area contributed by atoms with Gasteiger partial charge in [0.25, 0.3) is 0 Å². The topological polar surface area (TPSA) is 59.1 Å². The molecular weight excluding hydrogens is 332 g/mol. The van der Waals surface area contributed by atoms with E-state index in [0.717, 1.165) is 38.0 Å². The summed E-state index contributed by atoms with van der Waals surface area (Å²) in [5.74, 6) is 0.797. The molecule has 142 valence electrons. The first-order chi connectivity index (χ1) is 12.2. The minimum atomic E-state index is -0.468. The van der Waals surface area contributed by atoms with Gasteiger partial charge in [0.15, 0.2) is 5.75 Å². The van der Waals surface area contributed by atoms with Gasteiger partial charge in [0.1, 0.15) is 12.1 Å². The van der Waals surface area contributed by atoms with Crippen molar-refractivity contribution in [2.75, 3.05) is 31.6 Å². The third-order valence-electron chi connectivity index (χ3n) is 4.72. The fourth-order valence-corrected chi connectivity index (χ4v) is 3.57. The number of fused-ring (bicyclic) bond motifs is 1. The fraction of sp³-hybridized carbons (Fsp3) is 0.600. The maximum atomic E-state index is 12.3. The Morgan fingerprint density at radius 2 is 2.12 bits per heavy atom. The molecule has 0 spiro atoms. The van der Waals surface area contributed by atoms with Crippen LogP contribution in [0.5, 0.6) is 5.75 Å². The summed E-state index contributed by atoms with van der Waals surface area (Å²) in [5.41, 5.74) is 1.68. The smallest absolute Gasteiger partial charge is 0.410 e. The first-order valence-electron chi connectivity index (χ1n) is 9.24. The fourth-order valence-electron chi connectivity index (χ4n) is 3.57. The van der Waals surface area contributed by atoms with E-state index in [1.165, 1.54) is 5.56 Å². The van der Waals surface area contributed by atoms with Crippen molar-refractivity contribution >= 4 is 17.7 Å². The zero-order valence-corrected chi connectivity index (χ0v) is 16.1. The number of ether oxygens (including phenoxy) is 2. The van der Waals surface area contributed by atoms with Gasteiger partial charge in [-0.1, -0.05) is 6.07 Å². The number of esters is 1. The molecule has 2 aliphatic heterocycles. The van der Waals surface area contributed by atoms with E-state index in [0.29, 0.717) is 11.7 Å². The predicted octanol–water partition coefficient (Wildman–Crippen LogP) is 3.23. The minimum absolute atomic E-state index is 0.223. The number of rotatable bonds is 2. The van der Waals surface area contributed by atoms with Crippen LogP contribution >= 0.6 is 0 Å². The molecule has 0 radical (unpaired) electrons. The first kappa shape index (κ1) is 18.5. The molecular formula is C20H28N2O4. The monoisotopic (exact) mass is 360 g/mol. The summed E-state index contributed by atoms with van der Waals surface area (Å²) in [7, 11) is 1.90. The summed E-state index contributed by atoms with van der Waals surface area (Å²) in [4.78, 5) is 27.6. The highest BCUT2D eigenvalue weighted by Gasteiger charge is 2.28. The van der Waals surface area contributed by atoms with Crippen LogP contribution in [-0.4, -0.2) is 49.2 Å². The van der Waals surface area contributed by atoms with Crippen molar-refractivity contribution in [3.8, 4) is 5.75 Å². The maximum Gasteiger partial charge on any atom is 0.410 e. The molecule has 0 saturated carbocycles. The predicted molar refractivity (Wildman–Crippen MR) is 99.6 cm³/mol. The number of likely N-dealkylation sites (N-methyl/N-ethyl adjacent to an activating group) is 1. The molecule has 1 atom stereocenters. The van der Waals surface area contributed by atoms with Crippen molar-refractivity contribution in [1.29, 1.82) is 0 Å². The third kappa shape index (κ3) is 4.48. The largest absolute Gasteiger partial charge is 0.444 e. The minimum Gasteiger partial charge on any atom is -0.444 e. The molecule has 1 saturated heterocycles. The highest BCUT2D eigenvalue weighted by molar-refractivity contribution is 5.84. The Morgan fingerprint density at radius 1 is 1.35 bits per heavy atom. The molecule has 3 rings (SSSR count). The molecule has 0 bridgehead atoms. The van der Waals surface area contributed by atoms with Crippen molar-refractivity contribution in [3.63, 3.8) is 0 Å². The number of piperidine rings is 1. The highest BCUT2D eigenvalue weighted by atomic mass is 16.6. The maximum absolute atomic E-state index is 12.3. The number of nitrogens with zero attached hydrogens (tertiary/aromatic N) is 2. The van der Waals surface area contributed by atoms with E-state index in [4.69, 9.17) is 9.47 Å². The lowest BCUT2D eigenvalue weighted by Crippen LogP contribution is -2.43. The second-order valence-corrected chi connectivity index (χ2v) is 8.27. The van der Waals surface area contributed by atoms with E-state index in [-0.39, 0.29) is 18.6 Å². The molecule has 0 aliphatic carbocycles. The van der Waals surface area contributed by atoms with Crippen LogP contribution < -0.4 is 9.64 Å². The molecule has 6 nitrogen and oxygen atoms in total. The third-order valence-corrected chi connectivity index (χ3v) is 4.72. The van der Waals surface area contributed by atoms with Crippen LogP contribution in [0.25, 0.3) is 0 Å². The van der Waals surface area contributed by atoms with Gasteiger partial charge in [-0.05, 0) is 63.6 Å². The summed E-state index contributed by atoms with van der Waals surface area (Å²) in [6, 6.07) is 5.97. The lowest BCUT2D eigenvalue weighted by atomic mass is 9.91. The average Bonchev–Trinajstić information content (AvgIpc) is 2.54. The summed E-state index contributed by atoms with van der Waals surface area (Å²) >= 11 is 0. The SMILES string of the molecule is CN1CC(=O)Oc2ccc(CC3CCCN(C(=O)OC(C)(C)C)C3)cc21. The Kier molecular flexibility index (Phi) is 5.12. The van der Waals surface area contributed by atoms with Crippen molar-refractivity contribution in [2.24, 2.45) is 5.92 Å². The lowest BCUT2D eigenvalue weighted by molar-refractivity contribution is -0.133. The second kappa shape index (κ2) is 7.17. The van der Waals surface area contributed by atoms with E-state index >= 15 is 0 Å². The Balaban J connectivity index is 1.65. The number of benzene rings is 1. The number of hydrogen-bond donors (Lipinski definition) is 0. The summed E-state index contributed by atoms with van der Waals surface area (Å²) < 4.78 is 10.8. The van der Waals surface area contributed by atoms with Crippen LogP contribution in [0.3, 0.4) is 0 Å². The molecule has 1 fully saturated rings. The van der Waals surface area contributed by atoms with Crippen molar-refractivity contribution in [3.05, 3.63) is 23.8 Å². The van der Waals surface area contributed by atoms with Gasteiger partial charge in [0, 0.05) is 20.1 Å². The zero-order chi connectivity index (χ0) is 18.9. The van der Waals surface area contributed by atoms with Gasteiger partial charge in [-0.3, -0.25) is 0 Å². The van der Waals surface area contributed by atoms with E-state index < -0.39 is 5.60 Å². The van der Waals surface area contributed by atoms with E-state index in [2.05, 4.69) is 6.07 Å². The number of hydrogen-bond acceptors (Lipinski definition) is 5. The van der Waals surface area contributed by atoms with Crippen LogP contribution in [0.4, 0.5) is 10.5 Å². The van der Waals surface area contributed by atoms with Gasteiger partial charge in [0.2, 0.25) is 0 Å². The number of amides is 1. The van der Waals surface area contributed by atoms with E-state index in [1.807, 2.05) is 49.8 Å². The molecule has 1 aromatic carbocycles. The van der Waals surface area contributed by atoms with Crippen LogP contribution in [0.2, 0.25) is 0 Å². The molecule has 1 unspecified atom stereocenters. The van der Waals surface area contributed by atoms with Crippen LogP contribution in [0.15, 0.2) is 18.2 Å². The number of carbonyl (C=O) groups is 2. The highest BCUT2D eigenvalue weighted by Crippen LogP contribution is 2.33. The van der Waals surface area contributed by atoms with Gasteiger partial charge in [-0.2, -0.15) is 0 Å². The molecule has 1 aromatic rings. The molecule has 6 heteroatoms. The molecule has 2 heterocycles. The van der Waals surface area contributed by atoms with E-state index in [9.17, 15) is 9.59 Å². The molecule has 2 aliphatic rings. The number of carbonyl (C=O) groups excluding carboxylic acids is 2. The number of anilines is 1. The second-order valence-electron chi connectivity index (χ2n) is 8.27. The van der Waals surface area contributed by atoms with Gasteiger partial charge in [-0.25, -0.2) is 9.59 Å². The van der Waals surface area contributed by atoms with Crippen molar-refractivity contribution in [2.45, 2.75) is 45.6 Å². The molecule has 1 amide bonds. The van der Waals surface area contributed by atoms with Crippen molar-refractivity contribution < 1.29 is 19.1 Å². The summed E-state index contributed by atoms with van der Waals surface area (Å²) in [5, 5.41) is 0. The van der Waals surface area contributed by atoms with Crippen molar-refractivity contribution in [1.82, 2.24) is 4.90 Å². The average molecular weight is 360 g/mol. The Labute approximate surface area is 155 Å².